The zero-order chi connectivity index (χ0) is 18.4. The Bertz CT molecular complexity index is 625. The number of hydrogen-bond acceptors (Lipinski definition) is 3. The Morgan fingerprint density at radius 1 is 1.20 bits per heavy atom. The maximum Gasteiger partial charge on any atom is 0.253 e. The maximum absolute atomic E-state index is 12.5. The Hall–Kier alpha value is -1.89. The number of benzene rings is 1. The number of hydrogen-bond donors (Lipinski definition) is 2. The van der Waals surface area contributed by atoms with E-state index in [4.69, 9.17) is 0 Å². The lowest BCUT2D eigenvalue weighted by Crippen LogP contribution is -2.49. The zero-order valence-electron chi connectivity index (χ0n) is 14.5. The van der Waals surface area contributed by atoms with Crippen LogP contribution in [0.1, 0.15) is 37.0 Å². The number of halogens is 1. The molecular formula is C18H24BrN3O3. The monoisotopic (exact) mass is 409 g/mol. The summed E-state index contributed by atoms with van der Waals surface area (Å²) in [7, 11) is 0. The molecule has 0 bridgehead atoms. The molecule has 25 heavy (non-hydrogen) atoms. The van der Waals surface area contributed by atoms with Crippen LogP contribution < -0.4 is 10.6 Å². The highest BCUT2D eigenvalue weighted by Gasteiger charge is 2.29. The minimum absolute atomic E-state index is 0.0120. The van der Waals surface area contributed by atoms with E-state index >= 15 is 0 Å². The summed E-state index contributed by atoms with van der Waals surface area (Å²) in [5, 5.41) is 5.44. The molecule has 1 aliphatic rings. The van der Waals surface area contributed by atoms with E-state index in [1.807, 2.05) is 19.1 Å². The van der Waals surface area contributed by atoms with Crippen LogP contribution in [0, 0.1) is 5.92 Å². The number of nitrogens with one attached hydrogen (secondary N) is 2. The van der Waals surface area contributed by atoms with E-state index in [2.05, 4.69) is 26.6 Å². The SMILES string of the molecule is CCNC(=O)[C@@H](C)NC(=O)C1CCN(C(=O)c2ccc(Br)cc2)CC1. The summed E-state index contributed by atoms with van der Waals surface area (Å²) in [6.45, 7) is 5.14. The predicted octanol–water partition coefficient (Wildman–Crippen LogP) is 1.94. The molecule has 0 saturated carbocycles. The van der Waals surface area contributed by atoms with E-state index in [0.29, 0.717) is 38.0 Å². The normalized spacial score (nSPS) is 16.2. The van der Waals surface area contributed by atoms with Crippen molar-refractivity contribution in [1.82, 2.24) is 15.5 Å². The van der Waals surface area contributed by atoms with Crippen molar-refractivity contribution in [2.75, 3.05) is 19.6 Å². The molecule has 1 atom stereocenters. The average molecular weight is 410 g/mol. The minimum atomic E-state index is -0.546. The van der Waals surface area contributed by atoms with Gasteiger partial charge < -0.3 is 15.5 Å². The van der Waals surface area contributed by atoms with Crippen LogP contribution in [0.25, 0.3) is 0 Å². The predicted molar refractivity (Wildman–Crippen MR) is 99.1 cm³/mol. The van der Waals surface area contributed by atoms with Gasteiger partial charge in [-0.3, -0.25) is 14.4 Å². The summed E-state index contributed by atoms with van der Waals surface area (Å²) in [5.41, 5.74) is 0.649. The lowest BCUT2D eigenvalue weighted by molar-refractivity contribution is -0.131. The van der Waals surface area contributed by atoms with Gasteiger partial charge >= 0.3 is 0 Å². The first-order chi connectivity index (χ1) is 11.9. The van der Waals surface area contributed by atoms with Crippen LogP contribution in [0.5, 0.6) is 0 Å². The van der Waals surface area contributed by atoms with Crippen LogP contribution in [0.2, 0.25) is 0 Å². The summed E-state index contributed by atoms with van der Waals surface area (Å²) < 4.78 is 0.931. The van der Waals surface area contributed by atoms with Gasteiger partial charge in [0.25, 0.3) is 5.91 Å². The molecule has 7 heteroatoms. The van der Waals surface area contributed by atoms with Gasteiger partial charge in [-0.2, -0.15) is 0 Å². The maximum atomic E-state index is 12.5. The first-order valence-corrected chi connectivity index (χ1v) is 9.34. The fourth-order valence-electron chi connectivity index (χ4n) is 2.84. The Morgan fingerprint density at radius 2 is 1.80 bits per heavy atom. The highest BCUT2D eigenvalue weighted by Crippen LogP contribution is 2.20. The van der Waals surface area contributed by atoms with Gasteiger partial charge in [-0.15, -0.1) is 0 Å². The highest BCUT2D eigenvalue weighted by atomic mass is 79.9. The molecule has 1 aromatic rings. The van der Waals surface area contributed by atoms with Crippen molar-refractivity contribution in [2.24, 2.45) is 5.92 Å². The van der Waals surface area contributed by atoms with Crippen molar-refractivity contribution in [3.8, 4) is 0 Å². The molecule has 0 aromatic heterocycles. The molecule has 0 radical (unpaired) electrons. The number of amides is 3. The molecular weight excluding hydrogens is 386 g/mol. The van der Waals surface area contributed by atoms with Crippen LogP contribution in [-0.2, 0) is 9.59 Å². The van der Waals surface area contributed by atoms with E-state index in [1.54, 1.807) is 24.0 Å². The molecule has 6 nitrogen and oxygen atoms in total. The van der Waals surface area contributed by atoms with E-state index in [0.717, 1.165) is 4.47 Å². The zero-order valence-corrected chi connectivity index (χ0v) is 16.1. The molecule has 0 unspecified atom stereocenters. The minimum Gasteiger partial charge on any atom is -0.355 e. The van der Waals surface area contributed by atoms with Gasteiger partial charge in [0.2, 0.25) is 11.8 Å². The van der Waals surface area contributed by atoms with Crippen molar-refractivity contribution in [1.29, 1.82) is 0 Å². The average Bonchev–Trinajstić information content (AvgIpc) is 2.62. The fourth-order valence-corrected chi connectivity index (χ4v) is 3.11. The van der Waals surface area contributed by atoms with Gasteiger partial charge in [-0.25, -0.2) is 0 Å². The number of carbonyl (C=O) groups excluding carboxylic acids is 3. The molecule has 1 aromatic carbocycles. The first kappa shape index (κ1) is 19.4. The molecule has 0 spiro atoms. The first-order valence-electron chi connectivity index (χ1n) is 8.55. The van der Waals surface area contributed by atoms with Crippen LogP contribution >= 0.6 is 15.9 Å². The lowest BCUT2D eigenvalue weighted by Gasteiger charge is -2.32. The van der Waals surface area contributed by atoms with E-state index in [1.165, 1.54) is 0 Å². The summed E-state index contributed by atoms with van der Waals surface area (Å²) in [6, 6.07) is 6.72. The third-order valence-corrected chi connectivity index (χ3v) is 4.88. The Morgan fingerprint density at radius 3 is 2.36 bits per heavy atom. The molecule has 1 aliphatic heterocycles. The molecule has 3 amide bonds. The number of nitrogens with zero attached hydrogens (tertiary/aromatic N) is 1. The number of carbonyl (C=O) groups is 3. The van der Waals surface area contributed by atoms with Crippen molar-refractivity contribution in [3.63, 3.8) is 0 Å². The van der Waals surface area contributed by atoms with Gasteiger partial charge in [0, 0.05) is 35.6 Å². The summed E-state index contributed by atoms with van der Waals surface area (Å²) in [6.07, 6.45) is 1.21. The van der Waals surface area contributed by atoms with E-state index in [-0.39, 0.29) is 23.6 Å². The number of likely N-dealkylation sites (tertiary alicyclic amines) is 1. The highest BCUT2D eigenvalue weighted by molar-refractivity contribution is 9.10. The molecule has 2 rings (SSSR count). The van der Waals surface area contributed by atoms with Crippen LogP contribution in [0.4, 0.5) is 0 Å². The second-order valence-corrected chi connectivity index (χ2v) is 7.11. The number of piperidine rings is 1. The lowest BCUT2D eigenvalue weighted by atomic mass is 9.95. The third-order valence-electron chi connectivity index (χ3n) is 4.35. The van der Waals surface area contributed by atoms with Gasteiger partial charge in [0.15, 0.2) is 0 Å². The topological polar surface area (TPSA) is 78.5 Å². The van der Waals surface area contributed by atoms with Crippen molar-refractivity contribution in [3.05, 3.63) is 34.3 Å². The molecule has 136 valence electrons. The van der Waals surface area contributed by atoms with Gasteiger partial charge in [0.1, 0.15) is 6.04 Å². The second kappa shape index (κ2) is 8.99. The number of rotatable bonds is 5. The fraction of sp³-hybridized carbons (Fsp3) is 0.500. The Balaban J connectivity index is 1.84. The standard InChI is InChI=1S/C18H24BrN3O3/c1-3-20-16(23)12(2)21-17(24)13-8-10-22(11-9-13)18(25)14-4-6-15(19)7-5-14/h4-7,12-13H,3,8-11H2,1-2H3,(H,20,23)(H,21,24)/t12-/m1/s1. The summed E-state index contributed by atoms with van der Waals surface area (Å²) in [4.78, 5) is 38.3. The van der Waals surface area contributed by atoms with Gasteiger partial charge in [-0.05, 0) is 51.0 Å². The Labute approximate surface area is 156 Å². The third kappa shape index (κ3) is 5.29. The van der Waals surface area contributed by atoms with Gasteiger partial charge in [0.05, 0.1) is 0 Å². The van der Waals surface area contributed by atoms with Crippen LogP contribution in [-0.4, -0.2) is 48.3 Å². The quantitative estimate of drug-likeness (QED) is 0.779. The smallest absolute Gasteiger partial charge is 0.253 e. The Kier molecular flexibility index (Phi) is 6.99. The summed E-state index contributed by atoms with van der Waals surface area (Å²) >= 11 is 3.36. The summed E-state index contributed by atoms with van der Waals surface area (Å²) in [5.74, 6) is -0.471. The van der Waals surface area contributed by atoms with E-state index in [9.17, 15) is 14.4 Å². The van der Waals surface area contributed by atoms with E-state index < -0.39 is 6.04 Å². The molecule has 1 saturated heterocycles. The van der Waals surface area contributed by atoms with Crippen LogP contribution in [0.15, 0.2) is 28.7 Å². The molecule has 1 heterocycles. The van der Waals surface area contributed by atoms with Crippen LogP contribution in [0.3, 0.4) is 0 Å². The number of likely N-dealkylation sites (N-methyl/N-ethyl adjacent to an activating group) is 1. The van der Waals surface area contributed by atoms with Crippen molar-refractivity contribution < 1.29 is 14.4 Å². The second-order valence-electron chi connectivity index (χ2n) is 6.20. The molecule has 2 N–H and O–H groups in total. The largest absolute Gasteiger partial charge is 0.355 e. The molecule has 1 fully saturated rings. The van der Waals surface area contributed by atoms with Crippen molar-refractivity contribution >= 4 is 33.7 Å². The molecule has 0 aliphatic carbocycles. The van der Waals surface area contributed by atoms with Gasteiger partial charge in [-0.1, -0.05) is 15.9 Å². The van der Waals surface area contributed by atoms with Crippen molar-refractivity contribution in [2.45, 2.75) is 32.7 Å².